The molecule has 0 bridgehead atoms. The van der Waals surface area contributed by atoms with Gasteiger partial charge in [-0.2, -0.15) is 0 Å². The second kappa shape index (κ2) is 5.95. The summed E-state index contributed by atoms with van der Waals surface area (Å²) in [6, 6.07) is 7.57. The van der Waals surface area contributed by atoms with Gasteiger partial charge in [-0.25, -0.2) is 4.79 Å². The molecule has 0 N–H and O–H groups in total. The minimum absolute atomic E-state index is 0.0198. The molecule has 0 saturated carbocycles. The van der Waals surface area contributed by atoms with Gasteiger partial charge in [0.05, 0.1) is 0 Å². The maximum absolute atomic E-state index is 12.3. The molecule has 0 heterocycles. The second-order valence-corrected chi connectivity index (χ2v) is 6.52. The summed E-state index contributed by atoms with van der Waals surface area (Å²) in [6.07, 6.45) is 1.92. The number of hydrogen-bond acceptors (Lipinski definition) is 3. The Bertz CT molecular complexity index is 625. The lowest BCUT2D eigenvalue weighted by Crippen LogP contribution is -2.36. The van der Waals surface area contributed by atoms with Crippen molar-refractivity contribution in [3.05, 3.63) is 47.2 Å². The van der Waals surface area contributed by atoms with Crippen molar-refractivity contribution in [2.45, 2.75) is 45.6 Å². The largest absolute Gasteiger partial charge is 0.443 e. The van der Waals surface area contributed by atoms with E-state index in [4.69, 9.17) is 4.74 Å². The molecule has 4 nitrogen and oxygen atoms in total. The zero-order valence-corrected chi connectivity index (χ0v) is 13.8. The topological polar surface area (TPSA) is 46.6 Å². The molecule has 1 unspecified atom stereocenters. The van der Waals surface area contributed by atoms with Gasteiger partial charge in [0.15, 0.2) is 5.78 Å². The number of carbonyl (C=O) groups excluding carboxylic acids is 2. The molecular weight excluding hydrogens is 278 g/mol. The molecule has 4 heteroatoms. The predicted molar refractivity (Wildman–Crippen MR) is 85.9 cm³/mol. The third-order valence-corrected chi connectivity index (χ3v) is 3.70. The van der Waals surface area contributed by atoms with Gasteiger partial charge in [0, 0.05) is 30.3 Å². The fraction of sp³-hybridized carbons (Fsp3) is 0.444. The molecule has 1 aliphatic carbocycles. The monoisotopic (exact) mass is 301 g/mol. The first-order chi connectivity index (χ1) is 10.2. The van der Waals surface area contributed by atoms with Crippen molar-refractivity contribution in [1.29, 1.82) is 0 Å². The van der Waals surface area contributed by atoms with Crippen molar-refractivity contribution in [3.8, 4) is 0 Å². The number of ether oxygens (including phenoxy) is 1. The van der Waals surface area contributed by atoms with Crippen molar-refractivity contribution >= 4 is 11.9 Å². The first-order valence-corrected chi connectivity index (χ1v) is 7.56. The number of benzene rings is 1. The number of carbonyl (C=O) groups is 2. The summed E-state index contributed by atoms with van der Waals surface area (Å²) in [4.78, 5) is 26.1. The van der Waals surface area contributed by atoms with Gasteiger partial charge in [0.25, 0.3) is 0 Å². The van der Waals surface area contributed by atoms with Gasteiger partial charge in [0.1, 0.15) is 5.60 Å². The Morgan fingerprint density at radius 2 is 1.91 bits per heavy atom. The molecule has 0 aliphatic heterocycles. The fourth-order valence-electron chi connectivity index (χ4n) is 2.69. The highest BCUT2D eigenvalue weighted by Crippen LogP contribution is 2.36. The molecular formula is C18H23NO3. The molecule has 0 saturated heterocycles. The zero-order valence-electron chi connectivity index (χ0n) is 13.8. The average molecular weight is 301 g/mol. The summed E-state index contributed by atoms with van der Waals surface area (Å²) in [5.74, 6) is -0.0443. The van der Waals surface area contributed by atoms with E-state index < -0.39 is 11.7 Å². The third-order valence-electron chi connectivity index (χ3n) is 3.70. The summed E-state index contributed by atoms with van der Waals surface area (Å²) in [7, 11) is 1.66. The van der Waals surface area contributed by atoms with Gasteiger partial charge in [0.2, 0.25) is 0 Å². The van der Waals surface area contributed by atoms with E-state index in [9.17, 15) is 9.59 Å². The van der Waals surface area contributed by atoms with E-state index in [0.29, 0.717) is 5.70 Å². The van der Waals surface area contributed by atoms with Crippen LogP contribution in [0.5, 0.6) is 0 Å². The Morgan fingerprint density at radius 1 is 1.27 bits per heavy atom. The Labute approximate surface area is 131 Å². The van der Waals surface area contributed by atoms with E-state index in [1.165, 1.54) is 4.90 Å². The van der Waals surface area contributed by atoms with Gasteiger partial charge in [-0.05, 0) is 32.8 Å². The molecule has 2 rings (SSSR count). The zero-order chi connectivity index (χ0) is 16.5. The molecule has 0 spiro atoms. The lowest BCUT2D eigenvalue weighted by molar-refractivity contribution is 0.0343. The van der Waals surface area contributed by atoms with Crippen molar-refractivity contribution in [1.82, 2.24) is 4.90 Å². The number of fused-ring (bicyclic) bond motifs is 1. The number of allylic oxidation sites excluding steroid dienone is 2. The third kappa shape index (κ3) is 3.21. The van der Waals surface area contributed by atoms with E-state index >= 15 is 0 Å². The van der Waals surface area contributed by atoms with Gasteiger partial charge in [-0.3, -0.25) is 9.69 Å². The molecule has 1 atom stereocenters. The van der Waals surface area contributed by atoms with Crippen LogP contribution in [-0.2, 0) is 4.74 Å². The van der Waals surface area contributed by atoms with Gasteiger partial charge < -0.3 is 4.74 Å². The predicted octanol–water partition coefficient (Wildman–Crippen LogP) is 4.13. The molecule has 1 aromatic carbocycles. The van der Waals surface area contributed by atoms with E-state index in [1.807, 2.05) is 52.0 Å². The quantitative estimate of drug-likeness (QED) is 0.825. The smallest absolute Gasteiger partial charge is 0.414 e. The summed E-state index contributed by atoms with van der Waals surface area (Å²) in [5, 5.41) is 0. The second-order valence-electron chi connectivity index (χ2n) is 6.52. The first kappa shape index (κ1) is 16.3. The van der Waals surface area contributed by atoms with Crippen molar-refractivity contribution < 1.29 is 14.3 Å². The lowest BCUT2D eigenvalue weighted by atomic mass is 9.82. The van der Waals surface area contributed by atoms with Crippen LogP contribution in [-0.4, -0.2) is 29.4 Å². The highest BCUT2D eigenvalue weighted by atomic mass is 16.6. The first-order valence-electron chi connectivity index (χ1n) is 7.56. The maximum atomic E-state index is 12.3. The number of amides is 1. The molecule has 1 aliphatic rings. The highest BCUT2D eigenvalue weighted by Gasteiger charge is 2.31. The fourth-order valence-corrected chi connectivity index (χ4v) is 2.69. The SMILES string of the molecule is CCC1C(N(C)C(=O)OC(C)(C)C)=CC(=O)c2ccccc21. The number of nitrogens with zero attached hydrogens (tertiary/aromatic N) is 1. The van der Waals surface area contributed by atoms with E-state index in [0.717, 1.165) is 17.5 Å². The molecule has 0 fully saturated rings. The number of likely N-dealkylation sites (N-methyl/N-ethyl adjacent to an activating group) is 1. The van der Waals surface area contributed by atoms with Gasteiger partial charge in [-0.15, -0.1) is 0 Å². The summed E-state index contributed by atoms with van der Waals surface area (Å²) >= 11 is 0. The van der Waals surface area contributed by atoms with Crippen LogP contribution in [0.25, 0.3) is 0 Å². The minimum Gasteiger partial charge on any atom is -0.443 e. The van der Waals surface area contributed by atoms with Crippen LogP contribution in [0.3, 0.4) is 0 Å². The Balaban J connectivity index is 2.35. The molecule has 1 amide bonds. The van der Waals surface area contributed by atoms with Crippen LogP contribution in [0.15, 0.2) is 36.0 Å². The minimum atomic E-state index is -0.565. The van der Waals surface area contributed by atoms with Crippen LogP contribution in [0.4, 0.5) is 4.79 Å². The highest BCUT2D eigenvalue weighted by molar-refractivity contribution is 6.08. The molecule has 118 valence electrons. The van der Waals surface area contributed by atoms with Crippen LogP contribution >= 0.6 is 0 Å². The molecule has 0 aromatic heterocycles. The van der Waals surface area contributed by atoms with Crippen LogP contribution in [0.2, 0.25) is 0 Å². The van der Waals surface area contributed by atoms with Crippen molar-refractivity contribution in [3.63, 3.8) is 0 Å². The van der Waals surface area contributed by atoms with E-state index in [2.05, 4.69) is 0 Å². The van der Waals surface area contributed by atoms with E-state index in [1.54, 1.807) is 13.1 Å². The Hall–Kier alpha value is -2.10. The molecule has 1 aromatic rings. The van der Waals surface area contributed by atoms with Crippen molar-refractivity contribution in [2.24, 2.45) is 0 Å². The number of hydrogen-bond donors (Lipinski definition) is 0. The Morgan fingerprint density at radius 3 is 2.50 bits per heavy atom. The maximum Gasteiger partial charge on any atom is 0.414 e. The van der Waals surface area contributed by atoms with E-state index in [-0.39, 0.29) is 11.7 Å². The molecule has 22 heavy (non-hydrogen) atoms. The molecule has 0 radical (unpaired) electrons. The average Bonchev–Trinajstić information content (AvgIpc) is 2.44. The normalized spacial score (nSPS) is 17.6. The van der Waals surface area contributed by atoms with Crippen LogP contribution < -0.4 is 0 Å². The van der Waals surface area contributed by atoms with Gasteiger partial charge >= 0.3 is 6.09 Å². The van der Waals surface area contributed by atoms with Crippen LogP contribution in [0.1, 0.15) is 56.0 Å². The summed E-state index contributed by atoms with van der Waals surface area (Å²) in [5.41, 5.74) is 1.82. The lowest BCUT2D eigenvalue weighted by Gasteiger charge is -2.32. The standard InChI is InChI=1S/C18H23NO3/c1-6-12-13-9-7-8-10-14(13)16(20)11-15(12)19(5)17(21)22-18(2,3)4/h7-12H,6H2,1-5H3. The summed E-state index contributed by atoms with van der Waals surface area (Å²) in [6.45, 7) is 7.53. The number of rotatable bonds is 2. The van der Waals surface area contributed by atoms with Crippen LogP contribution in [0, 0.1) is 0 Å². The van der Waals surface area contributed by atoms with Crippen molar-refractivity contribution in [2.75, 3.05) is 7.05 Å². The Kier molecular flexibility index (Phi) is 4.40. The summed E-state index contributed by atoms with van der Waals surface area (Å²) < 4.78 is 5.40. The van der Waals surface area contributed by atoms with Gasteiger partial charge in [-0.1, -0.05) is 31.2 Å². The number of ketones is 1.